The molecule has 1 aromatic carbocycles. The molecule has 0 unspecified atom stereocenters. The normalized spacial score (nSPS) is 13.9. The SMILES string of the molecule is CC[C@H](C)NC(=O)[C@H](C)Oc1cc(C)ccc1C(C)C. The number of carbonyl (C=O) groups is 1. The number of amides is 1. The van der Waals surface area contributed by atoms with Gasteiger partial charge in [-0.3, -0.25) is 4.79 Å². The molecule has 0 saturated carbocycles. The number of carbonyl (C=O) groups excluding carboxylic acids is 1. The Labute approximate surface area is 122 Å². The van der Waals surface area contributed by atoms with E-state index in [1.807, 2.05) is 26.8 Å². The van der Waals surface area contributed by atoms with Crippen molar-refractivity contribution in [2.75, 3.05) is 0 Å². The number of hydrogen-bond acceptors (Lipinski definition) is 2. The molecule has 1 aromatic rings. The van der Waals surface area contributed by atoms with Gasteiger partial charge in [0.2, 0.25) is 0 Å². The van der Waals surface area contributed by atoms with E-state index < -0.39 is 6.10 Å². The second-order valence-corrected chi connectivity index (χ2v) is 5.77. The third kappa shape index (κ3) is 4.55. The van der Waals surface area contributed by atoms with Crippen LogP contribution in [0.25, 0.3) is 0 Å². The summed E-state index contributed by atoms with van der Waals surface area (Å²) in [6.07, 6.45) is 0.434. The molecule has 0 aromatic heterocycles. The van der Waals surface area contributed by atoms with Crippen molar-refractivity contribution in [3.05, 3.63) is 29.3 Å². The molecule has 1 N–H and O–H groups in total. The lowest BCUT2D eigenvalue weighted by Crippen LogP contribution is -2.41. The van der Waals surface area contributed by atoms with Gasteiger partial charge in [-0.1, -0.05) is 32.9 Å². The number of ether oxygens (including phenoxy) is 1. The quantitative estimate of drug-likeness (QED) is 0.859. The van der Waals surface area contributed by atoms with E-state index in [2.05, 4.69) is 31.3 Å². The van der Waals surface area contributed by atoms with E-state index in [1.165, 1.54) is 0 Å². The van der Waals surface area contributed by atoms with Crippen molar-refractivity contribution in [1.29, 1.82) is 0 Å². The van der Waals surface area contributed by atoms with E-state index in [0.29, 0.717) is 5.92 Å². The van der Waals surface area contributed by atoms with E-state index in [4.69, 9.17) is 4.74 Å². The molecule has 0 aliphatic carbocycles. The molecule has 0 bridgehead atoms. The third-order valence-corrected chi connectivity index (χ3v) is 3.47. The molecule has 1 amide bonds. The van der Waals surface area contributed by atoms with E-state index in [0.717, 1.165) is 23.3 Å². The van der Waals surface area contributed by atoms with E-state index in [1.54, 1.807) is 6.92 Å². The molecule has 112 valence electrons. The average molecular weight is 277 g/mol. The smallest absolute Gasteiger partial charge is 0.260 e. The van der Waals surface area contributed by atoms with Crippen molar-refractivity contribution in [3.63, 3.8) is 0 Å². The Morgan fingerprint density at radius 2 is 1.90 bits per heavy atom. The van der Waals surface area contributed by atoms with Gasteiger partial charge in [-0.05, 0) is 50.3 Å². The highest BCUT2D eigenvalue weighted by Gasteiger charge is 2.18. The van der Waals surface area contributed by atoms with Crippen molar-refractivity contribution in [3.8, 4) is 5.75 Å². The molecule has 20 heavy (non-hydrogen) atoms. The molecule has 0 heterocycles. The highest BCUT2D eigenvalue weighted by molar-refractivity contribution is 5.81. The van der Waals surface area contributed by atoms with Crippen LogP contribution in [0.5, 0.6) is 5.75 Å². The van der Waals surface area contributed by atoms with Crippen LogP contribution in [0.1, 0.15) is 58.1 Å². The largest absolute Gasteiger partial charge is 0.481 e. The summed E-state index contributed by atoms with van der Waals surface area (Å²) in [6.45, 7) is 12.1. The summed E-state index contributed by atoms with van der Waals surface area (Å²) in [6, 6.07) is 6.33. The predicted molar refractivity (Wildman–Crippen MR) is 83.3 cm³/mol. The summed E-state index contributed by atoms with van der Waals surface area (Å²) in [4.78, 5) is 12.0. The Kier molecular flexibility index (Phi) is 6.05. The van der Waals surface area contributed by atoms with E-state index in [-0.39, 0.29) is 11.9 Å². The molecular weight excluding hydrogens is 250 g/mol. The maximum absolute atomic E-state index is 12.0. The minimum absolute atomic E-state index is 0.0597. The first-order valence-corrected chi connectivity index (χ1v) is 7.42. The first-order valence-electron chi connectivity index (χ1n) is 7.42. The van der Waals surface area contributed by atoms with E-state index in [9.17, 15) is 4.79 Å². The first-order chi connectivity index (χ1) is 9.35. The minimum atomic E-state index is -0.483. The maximum Gasteiger partial charge on any atom is 0.260 e. The lowest BCUT2D eigenvalue weighted by molar-refractivity contribution is -0.127. The van der Waals surface area contributed by atoms with Crippen LogP contribution in [0, 0.1) is 6.92 Å². The van der Waals surface area contributed by atoms with E-state index >= 15 is 0 Å². The van der Waals surface area contributed by atoms with Crippen molar-refractivity contribution in [2.45, 2.75) is 66.0 Å². The summed E-state index contributed by atoms with van der Waals surface area (Å²) in [5.41, 5.74) is 2.28. The zero-order chi connectivity index (χ0) is 15.3. The number of benzene rings is 1. The predicted octanol–water partition coefficient (Wildman–Crippen LogP) is 3.80. The molecule has 0 aliphatic heterocycles. The lowest BCUT2D eigenvalue weighted by atomic mass is 10.0. The Bertz CT molecular complexity index is 454. The van der Waals surface area contributed by atoms with Crippen LogP contribution in [0.15, 0.2) is 18.2 Å². The van der Waals surface area contributed by atoms with Gasteiger partial charge in [-0.25, -0.2) is 0 Å². The van der Waals surface area contributed by atoms with Gasteiger partial charge in [0.25, 0.3) is 5.91 Å². The zero-order valence-electron chi connectivity index (χ0n) is 13.5. The van der Waals surface area contributed by atoms with Gasteiger partial charge in [-0.15, -0.1) is 0 Å². The van der Waals surface area contributed by atoms with Crippen LogP contribution in [0.4, 0.5) is 0 Å². The van der Waals surface area contributed by atoms with Crippen LogP contribution < -0.4 is 10.1 Å². The molecule has 0 fully saturated rings. The van der Waals surface area contributed by atoms with Gasteiger partial charge < -0.3 is 10.1 Å². The third-order valence-electron chi connectivity index (χ3n) is 3.47. The van der Waals surface area contributed by atoms with Crippen LogP contribution in [0.2, 0.25) is 0 Å². The molecule has 1 rings (SSSR count). The van der Waals surface area contributed by atoms with Gasteiger partial charge in [0, 0.05) is 6.04 Å². The van der Waals surface area contributed by atoms with Crippen molar-refractivity contribution in [2.24, 2.45) is 0 Å². The fourth-order valence-electron chi connectivity index (χ4n) is 1.93. The number of hydrogen-bond donors (Lipinski definition) is 1. The summed E-state index contributed by atoms with van der Waals surface area (Å²) in [7, 11) is 0. The summed E-state index contributed by atoms with van der Waals surface area (Å²) in [5, 5.41) is 2.95. The fraction of sp³-hybridized carbons (Fsp3) is 0.588. The van der Waals surface area contributed by atoms with Gasteiger partial charge in [0.05, 0.1) is 0 Å². The summed E-state index contributed by atoms with van der Waals surface area (Å²) >= 11 is 0. The Morgan fingerprint density at radius 3 is 2.45 bits per heavy atom. The average Bonchev–Trinajstić information content (AvgIpc) is 2.38. The van der Waals surface area contributed by atoms with Crippen LogP contribution in [0.3, 0.4) is 0 Å². The monoisotopic (exact) mass is 277 g/mol. The van der Waals surface area contributed by atoms with Gasteiger partial charge in [-0.2, -0.15) is 0 Å². The highest BCUT2D eigenvalue weighted by Crippen LogP contribution is 2.28. The van der Waals surface area contributed by atoms with Crippen LogP contribution in [-0.2, 0) is 4.79 Å². The molecule has 3 heteroatoms. The van der Waals surface area contributed by atoms with Crippen molar-refractivity contribution < 1.29 is 9.53 Å². The topological polar surface area (TPSA) is 38.3 Å². The molecule has 0 aliphatic rings. The highest BCUT2D eigenvalue weighted by atomic mass is 16.5. The van der Waals surface area contributed by atoms with Crippen LogP contribution >= 0.6 is 0 Å². The maximum atomic E-state index is 12.0. The number of nitrogens with one attached hydrogen (secondary N) is 1. The minimum Gasteiger partial charge on any atom is -0.481 e. The molecular formula is C17H27NO2. The molecule has 2 atom stereocenters. The number of rotatable bonds is 6. The molecule has 0 spiro atoms. The van der Waals surface area contributed by atoms with Crippen molar-refractivity contribution in [1.82, 2.24) is 5.32 Å². The zero-order valence-corrected chi connectivity index (χ0v) is 13.5. The Morgan fingerprint density at radius 1 is 1.25 bits per heavy atom. The summed E-state index contributed by atoms with van der Waals surface area (Å²) in [5.74, 6) is 1.12. The second-order valence-electron chi connectivity index (χ2n) is 5.77. The standard InChI is InChI=1S/C17H27NO2/c1-7-13(5)18-17(19)14(6)20-16-10-12(4)8-9-15(16)11(2)3/h8-11,13-14H,7H2,1-6H3,(H,18,19)/t13-,14-/m0/s1. The van der Waals surface area contributed by atoms with Crippen molar-refractivity contribution >= 4 is 5.91 Å². The van der Waals surface area contributed by atoms with Gasteiger partial charge in [0.1, 0.15) is 5.75 Å². The second kappa shape index (κ2) is 7.32. The first kappa shape index (κ1) is 16.5. The number of aryl methyl sites for hydroxylation is 1. The molecule has 0 radical (unpaired) electrons. The Hall–Kier alpha value is -1.51. The van der Waals surface area contributed by atoms with Crippen LogP contribution in [-0.4, -0.2) is 18.1 Å². The van der Waals surface area contributed by atoms with Gasteiger partial charge >= 0.3 is 0 Å². The Balaban J connectivity index is 2.81. The molecule has 0 saturated heterocycles. The van der Waals surface area contributed by atoms with Gasteiger partial charge in [0.15, 0.2) is 6.10 Å². The molecule has 3 nitrogen and oxygen atoms in total. The fourth-order valence-corrected chi connectivity index (χ4v) is 1.93. The summed E-state index contributed by atoms with van der Waals surface area (Å²) < 4.78 is 5.88. The lowest BCUT2D eigenvalue weighted by Gasteiger charge is -2.21.